The van der Waals surface area contributed by atoms with Gasteiger partial charge in [-0.3, -0.25) is 9.79 Å². The number of sulfone groups is 1. The molecule has 2 aromatic carbocycles. The van der Waals surface area contributed by atoms with Crippen molar-refractivity contribution in [2.75, 3.05) is 22.1 Å². The third-order valence-electron chi connectivity index (χ3n) is 4.96. The Morgan fingerprint density at radius 2 is 1.89 bits per heavy atom. The lowest BCUT2D eigenvalue weighted by molar-refractivity contribution is 0.102. The molecule has 0 unspecified atom stereocenters. The molecule has 2 aliphatic heterocycles. The van der Waals surface area contributed by atoms with Gasteiger partial charge in [0.05, 0.1) is 17.5 Å². The van der Waals surface area contributed by atoms with Gasteiger partial charge in [0.2, 0.25) is 0 Å². The number of fused-ring (bicyclic) bond motifs is 1. The van der Waals surface area contributed by atoms with Crippen LogP contribution in [0.1, 0.15) is 21.5 Å². The van der Waals surface area contributed by atoms with Crippen LogP contribution in [0.3, 0.4) is 0 Å². The van der Waals surface area contributed by atoms with Gasteiger partial charge < -0.3 is 10.6 Å². The Labute approximate surface area is 168 Å². The summed E-state index contributed by atoms with van der Waals surface area (Å²) < 4.78 is 23.3. The first-order valence-corrected chi connectivity index (χ1v) is 11.7. The molecule has 6 nitrogen and oxygen atoms in total. The zero-order valence-electron chi connectivity index (χ0n) is 15.6. The van der Waals surface area contributed by atoms with Gasteiger partial charge in [-0.2, -0.15) is 0 Å². The third-order valence-corrected chi connectivity index (χ3v) is 8.10. The van der Waals surface area contributed by atoms with Gasteiger partial charge in [0.25, 0.3) is 5.91 Å². The quantitative estimate of drug-likeness (QED) is 0.804. The van der Waals surface area contributed by atoms with Gasteiger partial charge in [0.15, 0.2) is 15.0 Å². The lowest BCUT2D eigenvalue weighted by Gasteiger charge is -2.10. The highest BCUT2D eigenvalue weighted by Gasteiger charge is 2.42. The highest BCUT2D eigenvalue weighted by molar-refractivity contribution is 8.15. The Hall–Kier alpha value is -2.32. The van der Waals surface area contributed by atoms with E-state index in [9.17, 15) is 13.2 Å². The summed E-state index contributed by atoms with van der Waals surface area (Å²) in [5.74, 6) is 0.111. The molecule has 2 aromatic rings. The maximum Gasteiger partial charge on any atom is 0.255 e. The van der Waals surface area contributed by atoms with E-state index in [1.807, 2.05) is 44.2 Å². The van der Waals surface area contributed by atoms with Crippen molar-refractivity contribution >= 4 is 44.0 Å². The summed E-state index contributed by atoms with van der Waals surface area (Å²) in [6, 6.07) is 12.8. The number of anilines is 2. The van der Waals surface area contributed by atoms with Crippen LogP contribution in [0.4, 0.5) is 11.4 Å². The van der Waals surface area contributed by atoms with Gasteiger partial charge in [0, 0.05) is 22.2 Å². The topological polar surface area (TPSA) is 87.6 Å². The Balaban J connectivity index is 1.44. The predicted octanol–water partition coefficient (Wildman–Crippen LogP) is 3.24. The standard InChI is InChI=1S/C20H21N3O3S2/c1-12-6-7-16(8-13(12)2)21-19(24)14-4-3-5-15(9-14)22-20-23-17-10-28(25,26)11-18(17)27-20/h3-9,17-18H,10-11H2,1-2H3,(H,21,24)(H,22,23)/t17-,18-/m1/s1. The largest absolute Gasteiger partial charge is 0.335 e. The van der Waals surface area contributed by atoms with E-state index in [4.69, 9.17) is 0 Å². The fourth-order valence-electron chi connectivity index (χ4n) is 3.30. The molecule has 2 aliphatic rings. The van der Waals surface area contributed by atoms with E-state index in [2.05, 4.69) is 15.6 Å². The fourth-order valence-corrected chi connectivity index (χ4v) is 6.98. The smallest absolute Gasteiger partial charge is 0.255 e. The van der Waals surface area contributed by atoms with Crippen molar-refractivity contribution in [3.63, 3.8) is 0 Å². The van der Waals surface area contributed by atoms with Crippen LogP contribution in [0.25, 0.3) is 0 Å². The zero-order chi connectivity index (χ0) is 19.9. The summed E-state index contributed by atoms with van der Waals surface area (Å²) in [6.45, 7) is 4.04. The number of hydrogen-bond acceptors (Lipinski definition) is 6. The van der Waals surface area contributed by atoms with Gasteiger partial charge in [0.1, 0.15) is 0 Å². The number of hydrogen-bond donors (Lipinski definition) is 2. The molecule has 1 fully saturated rings. The minimum Gasteiger partial charge on any atom is -0.335 e. The van der Waals surface area contributed by atoms with E-state index >= 15 is 0 Å². The van der Waals surface area contributed by atoms with Gasteiger partial charge >= 0.3 is 0 Å². The highest BCUT2D eigenvalue weighted by Crippen LogP contribution is 2.34. The number of nitrogens with one attached hydrogen (secondary N) is 2. The molecule has 0 saturated carbocycles. The van der Waals surface area contributed by atoms with Crippen molar-refractivity contribution in [2.45, 2.75) is 25.1 Å². The maximum atomic E-state index is 12.6. The van der Waals surface area contributed by atoms with Crippen LogP contribution in [-0.2, 0) is 9.84 Å². The number of carbonyl (C=O) groups excluding carboxylic acids is 1. The molecule has 0 radical (unpaired) electrons. The number of amides is 1. The zero-order valence-corrected chi connectivity index (χ0v) is 17.2. The highest BCUT2D eigenvalue weighted by atomic mass is 32.2. The summed E-state index contributed by atoms with van der Waals surface area (Å²) >= 11 is 1.46. The lowest BCUT2D eigenvalue weighted by atomic mass is 10.1. The average molecular weight is 416 g/mol. The number of rotatable bonds is 3. The van der Waals surface area contributed by atoms with Crippen LogP contribution in [-0.4, -0.2) is 42.3 Å². The summed E-state index contributed by atoms with van der Waals surface area (Å²) in [6.07, 6.45) is 0. The van der Waals surface area contributed by atoms with Crippen LogP contribution in [0, 0.1) is 13.8 Å². The van der Waals surface area contributed by atoms with Crippen molar-refractivity contribution in [1.82, 2.24) is 0 Å². The van der Waals surface area contributed by atoms with E-state index in [1.165, 1.54) is 17.3 Å². The first-order valence-electron chi connectivity index (χ1n) is 9.00. The monoisotopic (exact) mass is 415 g/mol. The molecule has 0 bridgehead atoms. The average Bonchev–Trinajstić information content (AvgIpc) is 3.11. The van der Waals surface area contributed by atoms with E-state index in [0.717, 1.165) is 16.9 Å². The van der Waals surface area contributed by atoms with Gasteiger partial charge in [-0.15, -0.1) is 0 Å². The van der Waals surface area contributed by atoms with Crippen LogP contribution >= 0.6 is 11.8 Å². The molecule has 28 heavy (non-hydrogen) atoms. The Kier molecular flexibility index (Phi) is 4.93. The number of amidine groups is 1. The second kappa shape index (κ2) is 7.25. The summed E-state index contributed by atoms with van der Waals surface area (Å²) in [5, 5.41) is 6.83. The molecule has 0 spiro atoms. The molecule has 0 aliphatic carbocycles. The number of carbonyl (C=O) groups is 1. The lowest BCUT2D eigenvalue weighted by Crippen LogP contribution is -2.14. The molecule has 2 heterocycles. The summed E-state index contributed by atoms with van der Waals surface area (Å²) in [4.78, 5) is 17.1. The van der Waals surface area contributed by atoms with Crippen molar-refractivity contribution in [2.24, 2.45) is 4.99 Å². The van der Waals surface area contributed by atoms with Crippen molar-refractivity contribution in [3.8, 4) is 0 Å². The maximum absolute atomic E-state index is 12.6. The Morgan fingerprint density at radius 1 is 1.07 bits per heavy atom. The van der Waals surface area contributed by atoms with Crippen molar-refractivity contribution in [3.05, 3.63) is 59.2 Å². The van der Waals surface area contributed by atoms with Crippen LogP contribution in [0.2, 0.25) is 0 Å². The first kappa shape index (κ1) is 19.0. The minimum absolute atomic E-state index is 0.0104. The molecule has 146 valence electrons. The molecular weight excluding hydrogens is 394 g/mol. The number of thioether (sulfide) groups is 1. The number of nitrogens with zero attached hydrogens (tertiary/aromatic N) is 1. The predicted molar refractivity (Wildman–Crippen MR) is 115 cm³/mol. The SMILES string of the molecule is Cc1ccc(NC(=O)c2cccc(NC3=N[C@@H]4CS(=O)(=O)C[C@H]4S3)c2)cc1C. The number of benzene rings is 2. The van der Waals surface area contributed by atoms with Crippen LogP contribution < -0.4 is 10.6 Å². The fraction of sp³-hybridized carbons (Fsp3) is 0.300. The van der Waals surface area contributed by atoms with E-state index in [0.29, 0.717) is 10.7 Å². The van der Waals surface area contributed by atoms with Gasteiger partial charge in [-0.05, 0) is 55.3 Å². The second-order valence-electron chi connectivity index (χ2n) is 7.19. The van der Waals surface area contributed by atoms with Crippen molar-refractivity contribution < 1.29 is 13.2 Å². The van der Waals surface area contributed by atoms with Crippen LogP contribution in [0.5, 0.6) is 0 Å². The van der Waals surface area contributed by atoms with E-state index < -0.39 is 9.84 Å². The Bertz CT molecular complexity index is 1080. The summed E-state index contributed by atoms with van der Waals surface area (Å²) in [5.41, 5.74) is 4.35. The van der Waals surface area contributed by atoms with Gasteiger partial charge in [-0.1, -0.05) is 23.9 Å². The summed E-state index contributed by atoms with van der Waals surface area (Å²) in [7, 11) is -2.96. The molecular formula is C20H21N3O3S2. The molecule has 4 rings (SSSR count). The van der Waals surface area contributed by atoms with Crippen LogP contribution in [0.15, 0.2) is 47.5 Å². The molecule has 2 N–H and O–H groups in total. The molecule has 8 heteroatoms. The normalized spacial score (nSPS) is 22.4. The Morgan fingerprint density at radius 3 is 2.64 bits per heavy atom. The molecule has 1 saturated heterocycles. The number of aliphatic imine (C=N–C) groups is 1. The third kappa shape index (κ3) is 4.07. The molecule has 2 atom stereocenters. The van der Waals surface area contributed by atoms with E-state index in [-0.39, 0.29) is 28.7 Å². The number of aryl methyl sites for hydroxylation is 2. The molecule has 0 aromatic heterocycles. The van der Waals surface area contributed by atoms with E-state index in [1.54, 1.807) is 12.1 Å². The van der Waals surface area contributed by atoms with Gasteiger partial charge in [-0.25, -0.2) is 8.42 Å². The van der Waals surface area contributed by atoms with Crippen molar-refractivity contribution in [1.29, 1.82) is 0 Å². The second-order valence-corrected chi connectivity index (χ2v) is 10.6. The minimum atomic E-state index is -2.96. The molecule has 1 amide bonds. The first-order chi connectivity index (χ1) is 13.3.